The number of hydrogen-bond donors (Lipinski definition) is 1. The molecule has 3 amide bonds. The quantitative estimate of drug-likeness (QED) is 0.556. The summed E-state index contributed by atoms with van der Waals surface area (Å²) >= 11 is 0. The number of fused-ring (bicyclic) bond motifs is 1. The van der Waals surface area contributed by atoms with Crippen LogP contribution in [0.1, 0.15) is 61.3 Å². The Balaban J connectivity index is 2.14. The van der Waals surface area contributed by atoms with E-state index in [-0.39, 0.29) is 29.5 Å². The maximum absolute atomic E-state index is 12.7. The van der Waals surface area contributed by atoms with Gasteiger partial charge in [0.1, 0.15) is 6.04 Å². The van der Waals surface area contributed by atoms with Gasteiger partial charge in [-0.1, -0.05) is 32.9 Å². The van der Waals surface area contributed by atoms with Crippen molar-refractivity contribution in [2.45, 2.75) is 52.6 Å². The van der Waals surface area contributed by atoms with E-state index < -0.39 is 36.3 Å². The van der Waals surface area contributed by atoms with Crippen LogP contribution in [0.3, 0.4) is 0 Å². The van der Waals surface area contributed by atoms with E-state index in [0.717, 1.165) is 11.3 Å². The van der Waals surface area contributed by atoms with Crippen molar-refractivity contribution in [1.82, 2.24) is 10.2 Å². The summed E-state index contributed by atoms with van der Waals surface area (Å²) in [6, 6.07) is 5.37. The van der Waals surface area contributed by atoms with Crippen LogP contribution >= 0.6 is 0 Å². The molecule has 2 atom stereocenters. The Hall–Kier alpha value is -2.70. The van der Waals surface area contributed by atoms with Crippen LogP contribution in [0, 0.1) is 5.92 Å². The number of ether oxygens (including phenoxy) is 1. The predicted molar refractivity (Wildman–Crippen MR) is 99.0 cm³/mol. The molecule has 1 aromatic carbocycles. The molecule has 0 saturated heterocycles. The lowest BCUT2D eigenvalue weighted by atomic mass is 10.0. The molecule has 1 heterocycles. The van der Waals surface area contributed by atoms with Gasteiger partial charge in [-0.25, -0.2) is 4.79 Å². The van der Waals surface area contributed by atoms with E-state index in [1.54, 1.807) is 24.3 Å². The number of carbonyl (C=O) groups excluding carboxylic acids is 4. The second-order valence-electron chi connectivity index (χ2n) is 7.16. The Morgan fingerprint density at radius 2 is 1.63 bits per heavy atom. The van der Waals surface area contributed by atoms with E-state index in [9.17, 15) is 19.2 Å². The van der Waals surface area contributed by atoms with Gasteiger partial charge in [0.05, 0.1) is 11.1 Å². The topological polar surface area (TPSA) is 92.8 Å². The molecule has 7 nitrogen and oxygen atoms in total. The number of imide groups is 1. The van der Waals surface area contributed by atoms with Crippen LogP contribution < -0.4 is 5.32 Å². The normalized spacial score (nSPS) is 15.5. The van der Waals surface area contributed by atoms with Crippen molar-refractivity contribution in [2.24, 2.45) is 5.92 Å². The van der Waals surface area contributed by atoms with Crippen molar-refractivity contribution in [2.75, 3.05) is 6.61 Å². The molecule has 1 aliphatic heterocycles. The van der Waals surface area contributed by atoms with Gasteiger partial charge < -0.3 is 10.1 Å². The number of esters is 1. The number of nitrogens with one attached hydrogen (secondary N) is 1. The van der Waals surface area contributed by atoms with Crippen LogP contribution in [0.4, 0.5) is 0 Å². The summed E-state index contributed by atoms with van der Waals surface area (Å²) in [5, 5.41) is 2.70. The van der Waals surface area contributed by atoms with Gasteiger partial charge in [0.2, 0.25) is 0 Å². The highest BCUT2D eigenvalue weighted by Gasteiger charge is 2.43. The lowest BCUT2D eigenvalue weighted by molar-refractivity contribution is -0.153. The van der Waals surface area contributed by atoms with Crippen LogP contribution in [-0.4, -0.2) is 47.3 Å². The zero-order valence-corrected chi connectivity index (χ0v) is 16.2. The molecule has 0 aromatic heterocycles. The van der Waals surface area contributed by atoms with Crippen LogP contribution in [0.2, 0.25) is 0 Å². The molecule has 1 aromatic rings. The highest BCUT2D eigenvalue weighted by Crippen LogP contribution is 2.27. The second-order valence-corrected chi connectivity index (χ2v) is 7.16. The smallest absolute Gasteiger partial charge is 0.329 e. The number of carbonyl (C=O) groups is 4. The average molecular weight is 374 g/mol. The maximum Gasteiger partial charge on any atom is 0.329 e. The van der Waals surface area contributed by atoms with Crippen molar-refractivity contribution in [3.63, 3.8) is 0 Å². The molecule has 0 bridgehead atoms. The molecule has 7 heteroatoms. The Bertz CT molecular complexity index is 709. The van der Waals surface area contributed by atoms with E-state index in [1.807, 2.05) is 27.7 Å². The van der Waals surface area contributed by atoms with Gasteiger partial charge in [0.25, 0.3) is 17.7 Å². The summed E-state index contributed by atoms with van der Waals surface area (Å²) in [7, 11) is 0. The summed E-state index contributed by atoms with van der Waals surface area (Å²) in [6.45, 7) is 7.10. The summed E-state index contributed by atoms with van der Waals surface area (Å²) in [5.41, 5.74) is 0.553. The number of hydrogen-bond acceptors (Lipinski definition) is 5. The van der Waals surface area contributed by atoms with Crippen LogP contribution in [0.25, 0.3) is 0 Å². The minimum Gasteiger partial charge on any atom is -0.454 e. The van der Waals surface area contributed by atoms with Crippen molar-refractivity contribution in [1.29, 1.82) is 0 Å². The van der Waals surface area contributed by atoms with E-state index in [2.05, 4.69) is 5.32 Å². The lowest BCUT2D eigenvalue weighted by Crippen LogP contribution is -2.47. The van der Waals surface area contributed by atoms with E-state index in [4.69, 9.17) is 4.74 Å². The predicted octanol–water partition coefficient (Wildman–Crippen LogP) is 2.16. The fraction of sp³-hybridized carbons (Fsp3) is 0.500. The van der Waals surface area contributed by atoms with Gasteiger partial charge in [-0.3, -0.25) is 19.3 Å². The summed E-state index contributed by atoms with van der Waals surface area (Å²) < 4.78 is 5.12. The molecule has 0 spiro atoms. The largest absolute Gasteiger partial charge is 0.454 e. The summed E-state index contributed by atoms with van der Waals surface area (Å²) in [5.74, 6) is -2.15. The molecule has 0 fully saturated rings. The average Bonchev–Trinajstić information content (AvgIpc) is 2.88. The first-order chi connectivity index (χ1) is 12.8. The first-order valence-corrected chi connectivity index (χ1v) is 9.19. The second kappa shape index (κ2) is 8.79. The number of benzene rings is 1. The first-order valence-electron chi connectivity index (χ1n) is 9.19. The van der Waals surface area contributed by atoms with Crippen molar-refractivity contribution in [3.05, 3.63) is 35.4 Å². The van der Waals surface area contributed by atoms with Gasteiger partial charge in [0, 0.05) is 6.04 Å². The molecule has 0 aliphatic carbocycles. The van der Waals surface area contributed by atoms with Crippen molar-refractivity contribution < 1.29 is 23.9 Å². The Morgan fingerprint density at radius 3 is 2.11 bits per heavy atom. The van der Waals surface area contributed by atoms with Gasteiger partial charge in [-0.05, 0) is 37.8 Å². The highest BCUT2D eigenvalue weighted by atomic mass is 16.5. The number of rotatable bonds is 8. The maximum atomic E-state index is 12.7. The highest BCUT2D eigenvalue weighted by molar-refractivity contribution is 6.22. The van der Waals surface area contributed by atoms with Gasteiger partial charge in [-0.2, -0.15) is 0 Å². The fourth-order valence-corrected chi connectivity index (χ4v) is 2.90. The molecule has 146 valence electrons. The standard InChI is InChI=1S/C20H26N2O5/c1-5-13(4)21-17(23)11-27-20(26)16(10-12(2)3)22-18(24)14-8-6-7-9-15(14)19(22)25/h6-9,12-13,16H,5,10-11H2,1-4H3,(H,21,23). The van der Waals surface area contributed by atoms with Crippen LogP contribution in [0.15, 0.2) is 24.3 Å². The van der Waals surface area contributed by atoms with Crippen molar-refractivity contribution >= 4 is 23.7 Å². The van der Waals surface area contributed by atoms with Gasteiger partial charge in [0.15, 0.2) is 6.61 Å². The fourth-order valence-electron chi connectivity index (χ4n) is 2.90. The lowest BCUT2D eigenvalue weighted by Gasteiger charge is -2.26. The third-order valence-electron chi connectivity index (χ3n) is 4.47. The summed E-state index contributed by atoms with van der Waals surface area (Å²) in [6.07, 6.45) is 1.02. The first kappa shape index (κ1) is 20.6. The van der Waals surface area contributed by atoms with Gasteiger partial charge in [-0.15, -0.1) is 0 Å². The Morgan fingerprint density at radius 1 is 1.07 bits per heavy atom. The zero-order valence-electron chi connectivity index (χ0n) is 16.2. The molecular weight excluding hydrogens is 348 g/mol. The minimum absolute atomic E-state index is 0.0288. The number of amides is 3. The molecule has 2 unspecified atom stereocenters. The molecule has 1 aliphatic rings. The molecular formula is C20H26N2O5. The van der Waals surface area contributed by atoms with Crippen LogP contribution in [0.5, 0.6) is 0 Å². The van der Waals surface area contributed by atoms with Crippen LogP contribution in [-0.2, 0) is 14.3 Å². The Kier molecular flexibility index (Phi) is 6.71. The molecule has 1 N–H and O–H groups in total. The third-order valence-corrected chi connectivity index (χ3v) is 4.47. The zero-order chi connectivity index (χ0) is 20.1. The molecule has 0 saturated carbocycles. The van der Waals surface area contributed by atoms with Crippen molar-refractivity contribution in [3.8, 4) is 0 Å². The SMILES string of the molecule is CCC(C)NC(=O)COC(=O)C(CC(C)C)N1C(=O)c2ccccc2C1=O. The van der Waals surface area contributed by atoms with E-state index in [0.29, 0.717) is 0 Å². The third kappa shape index (κ3) is 4.72. The molecule has 0 radical (unpaired) electrons. The van der Waals surface area contributed by atoms with Gasteiger partial charge >= 0.3 is 5.97 Å². The monoisotopic (exact) mass is 374 g/mol. The van der Waals surface area contributed by atoms with E-state index >= 15 is 0 Å². The molecule has 27 heavy (non-hydrogen) atoms. The molecule has 2 rings (SSSR count). The summed E-state index contributed by atoms with van der Waals surface area (Å²) in [4.78, 5) is 50.8. The Labute approximate surface area is 159 Å². The number of nitrogens with zero attached hydrogens (tertiary/aromatic N) is 1. The van der Waals surface area contributed by atoms with E-state index in [1.165, 1.54) is 0 Å². The minimum atomic E-state index is -1.06.